The first-order chi connectivity index (χ1) is 8.76. The molecule has 0 bridgehead atoms. The van der Waals surface area contributed by atoms with Crippen LogP contribution in [-0.2, 0) is 6.42 Å². The van der Waals surface area contributed by atoms with Crippen LogP contribution < -0.4 is 5.32 Å². The molecule has 1 aromatic rings. The van der Waals surface area contributed by atoms with Crippen molar-refractivity contribution < 1.29 is 0 Å². The van der Waals surface area contributed by atoms with Crippen LogP contribution in [0.15, 0.2) is 17.5 Å². The van der Waals surface area contributed by atoms with Gasteiger partial charge in [-0.1, -0.05) is 33.3 Å². The van der Waals surface area contributed by atoms with E-state index in [1.54, 1.807) is 0 Å². The van der Waals surface area contributed by atoms with Gasteiger partial charge in [-0.15, -0.1) is 11.3 Å². The molecule has 0 saturated heterocycles. The predicted molar refractivity (Wildman–Crippen MR) is 83.4 cm³/mol. The van der Waals surface area contributed by atoms with Crippen molar-refractivity contribution in [3.8, 4) is 0 Å². The molecular formula is C16H29NS. The number of hydrogen-bond donors (Lipinski definition) is 1. The van der Waals surface area contributed by atoms with E-state index in [0.717, 1.165) is 12.0 Å². The Morgan fingerprint density at radius 1 is 1.33 bits per heavy atom. The lowest BCUT2D eigenvalue weighted by Gasteiger charge is -2.21. The van der Waals surface area contributed by atoms with E-state index in [-0.39, 0.29) is 0 Å². The molecule has 0 amide bonds. The maximum atomic E-state index is 3.72. The molecule has 1 rings (SSSR count). The average molecular weight is 267 g/mol. The maximum Gasteiger partial charge on any atom is 0.00697 e. The lowest BCUT2D eigenvalue weighted by Crippen LogP contribution is -2.31. The summed E-state index contributed by atoms with van der Waals surface area (Å²) in [6, 6.07) is 5.14. The molecule has 1 heterocycles. The first-order valence-corrected chi connectivity index (χ1v) is 8.40. The second kappa shape index (κ2) is 9.57. The van der Waals surface area contributed by atoms with Gasteiger partial charge in [0.25, 0.3) is 0 Å². The Morgan fingerprint density at radius 3 is 2.78 bits per heavy atom. The highest BCUT2D eigenvalue weighted by Crippen LogP contribution is 2.17. The quantitative estimate of drug-likeness (QED) is 0.637. The summed E-state index contributed by atoms with van der Waals surface area (Å²) in [7, 11) is 0. The summed E-state index contributed by atoms with van der Waals surface area (Å²) in [4.78, 5) is 1.53. The second-order valence-electron chi connectivity index (χ2n) is 5.37. The lowest BCUT2D eigenvalue weighted by atomic mass is 9.95. The van der Waals surface area contributed by atoms with E-state index in [9.17, 15) is 0 Å². The van der Waals surface area contributed by atoms with Crippen LogP contribution in [0, 0.1) is 5.92 Å². The Morgan fingerprint density at radius 2 is 2.17 bits per heavy atom. The van der Waals surface area contributed by atoms with Gasteiger partial charge in [-0.3, -0.25) is 0 Å². The van der Waals surface area contributed by atoms with E-state index in [1.807, 2.05) is 11.3 Å². The number of hydrogen-bond acceptors (Lipinski definition) is 2. The van der Waals surface area contributed by atoms with E-state index in [2.05, 4.69) is 43.6 Å². The minimum absolute atomic E-state index is 0.722. The van der Waals surface area contributed by atoms with E-state index in [4.69, 9.17) is 0 Å². The van der Waals surface area contributed by atoms with Crippen molar-refractivity contribution in [1.82, 2.24) is 5.32 Å². The number of nitrogens with one attached hydrogen (secondary N) is 1. The largest absolute Gasteiger partial charge is 0.314 e. The Kier molecular flexibility index (Phi) is 8.36. The van der Waals surface area contributed by atoms with Crippen LogP contribution in [0.4, 0.5) is 0 Å². The first-order valence-electron chi connectivity index (χ1n) is 7.52. The van der Waals surface area contributed by atoms with Crippen molar-refractivity contribution in [2.45, 2.75) is 65.3 Å². The SMILES string of the molecule is CCCNC(CCCc1cccs1)CC(C)CC. The highest BCUT2D eigenvalue weighted by molar-refractivity contribution is 7.09. The minimum Gasteiger partial charge on any atom is -0.314 e. The molecule has 1 nitrogen and oxygen atoms in total. The van der Waals surface area contributed by atoms with Gasteiger partial charge in [0.1, 0.15) is 0 Å². The topological polar surface area (TPSA) is 12.0 Å². The van der Waals surface area contributed by atoms with Gasteiger partial charge in [0.2, 0.25) is 0 Å². The second-order valence-corrected chi connectivity index (χ2v) is 6.40. The molecule has 1 aromatic heterocycles. The Balaban J connectivity index is 2.26. The van der Waals surface area contributed by atoms with E-state index in [0.29, 0.717) is 0 Å². The van der Waals surface area contributed by atoms with Gasteiger partial charge in [-0.05, 0) is 56.0 Å². The van der Waals surface area contributed by atoms with Crippen LogP contribution in [-0.4, -0.2) is 12.6 Å². The van der Waals surface area contributed by atoms with Gasteiger partial charge in [-0.25, -0.2) is 0 Å². The summed E-state index contributed by atoms with van der Waals surface area (Å²) < 4.78 is 0. The predicted octanol–water partition coefficient (Wildman–Crippen LogP) is 4.88. The third-order valence-electron chi connectivity index (χ3n) is 3.62. The molecule has 2 atom stereocenters. The van der Waals surface area contributed by atoms with Crippen LogP contribution in [0.5, 0.6) is 0 Å². The minimum atomic E-state index is 0.722. The number of aryl methyl sites for hydroxylation is 1. The third kappa shape index (κ3) is 6.55. The Bertz CT molecular complexity index is 281. The number of thiophene rings is 1. The fraction of sp³-hybridized carbons (Fsp3) is 0.750. The van der Waals surface area contributed by atoms with Gasteiger partial charge >= 0.3 is 0 Å². The fourth-order valence-corrected chi connectivity index (χ4v) is 3.03. The van der Waals surface area contributed by atoms with Gasteiger partial charge in [0.05, 0.1) is 0 Å². The van der Waals surface area contributed by atoms with Crippen LogP contribution in [0.1, 0.15) is 57.8 Å². The molecule has 2 unspecified atom stereocenters. The van der Waals surface area contributed by atoms with Crippen molar-refractivity contribution in [1.29, 1.82) is 0 Å². The molecule has 0 aliphatic rings. The fourth-order valence-electron chi connectivity index (χ4n) is 2.28. The molecule has 0 saturated carbocycles. The molecular weight excluding hydrogens is 238 g/mol. The summed E-state index contributed by atoms with van der Waals surface area (Å²) in [5.41, 5.74) is 0. The zero-order valence-electron chi connectivity index (χ0n) is 12.2. The molecule has 104 valence electrons. The number of rotatable bonds is 10. The molecule has 0 fully saturated rings. The van der Waals surface area contributed by atoms with Gasteiger partial charge in [0, 0.05) is 10.9 Å². The zero-order chi connectivity index (χ0) is 13.2. The van der Waals surface area contributed by atoms with Crippen LogP contribution in [0.3, 0.4) is 0 Å². The molecule has 0 spiro atoms. The summed E-state index contributed by atoms with van der Waals surface area (Å²) >= 11 is 1.89. The van der Waals surface area contributed by atoms with Gasteiger partial charge < -0.3 is 5.32 Å². The molecule has 2 heteroatoms. The normalized spacial score (nSPS) is 14.6. The third-order valence-corrected chi connectivity index (χ3v) is 4.56. The van der Waals surface area contributed by atoms with Gasteiger partial charge in [-0.2, -0.15) is 0 Å². The molecule has 1 N–H and O–H groups in total. The van der Waals surface area contributed by atoms with Crippen molar-refractivity contribution in [2.24, 2.45) is 5.92 Å². The summed E-state index contributed by atoms with van der Waals surface area (Å²) in [6.07, 6.45) is 7.77. The molecule has 0 radical (unpaired) electrons. The van der Waals surface area contributed by atoms with E-state index >= 15 is 0 Å². The van der Waals surface area contributed by atoms with Crippen molar-refractivity contribution in [3.05, 3.63) is 22.4 Å². The highest BCUT2D eigenvalue weighted by atomic mass is 32.1. The molecule has 0 aliphatic carbocycles. The first kappa shape index (κ1) is 15.7. The van der Waals surface area contributed by atoms with Gasteiger partial charge in [0.15, 0.2) is 0 Å². The van der Waals surface area contributed by atoms with Crippen molar-refractivity contribution >= 4 is 11.3 Å². The average Bonchev–Trinajstić information content (AvgIpc) is 2.88. The van der Waals surface area contributed by atoms with Crippen LogP contribution in [0.25, 0.3) is 0 Å². The van der Waals surface area contributed by atoms with Crippen LogP contribution in [0.2, 0.25) is 0 Å². The van der Waals surface area contributed by atoms with E-state index < -0.39 is 0 Å². The Labute approximate surface area is 117 Å². The monoisotopic (exact) mass is 267 g/mol. The molecule has 18 heavy (non-hydrogen) atoms. The van der Waals surface area contributed by atoms with Crippen molar-refractivity contribution in [3.63, 3.8) is 0 Å². The molecule has 0 aromatic carbocycles. The standard InChI is InChI=1S/C16H29NS/c1-4-11-17-15(13-14(3)5-2)8-6-9-16-10-7-12-18-16/h7,10,12,14-15,17H,4-6,8-9,11,13H2,1-3H3. The smallest absolute Gasteiger partial charge is 0.00697 e. The maximum absolute atomic E-state index is 3.72. The highest BCUT2D eigenvalue weighted by Gasteiger charge is 2.11. The lowest BCUT2D eigenvalue weighted by molar-refractivity contribution is 0.371. The van der Waals surface area contributed by atoms with Crippen LogP contribution >= 0.6 is 11.3 Å². The summed E-state index contributed by atoms with van der Waals surface area (Å²) in [5, 5.41) is 5.90. The molecule has 0 aliphatic heterocycles. The van der Waals surface area contributed by atoms with Crippen molar-refractivity contribution in [2.75, 3.05) is 6.54 Å². The zero-order valence-corrected chi connectivity index (χ0v) is 13.1. The summed E-state index contributed by atoms with van der Waals surface area (Å²) in [5.74, 6) is 0.848. The summed E-state index contributed by atoms with van der Waals surface area (Å²) in [6.45, 7) is 8.09. The van der Waals surface area contributed by atoms with E-state index in [1.165, 1.54) is 49.9 Å². The Hall–Kier alpha value is -0.340.